The van der Waals surface area contributed by atoms with Crippen molar-refractivity contribution in [1.82, 2.24) is 20.6 Å². The lowest BCUT2D eigenvalue weighted by atomic mass is 10.1. The van der Waals surface area contributed by atoms with E-state index in [0.717, 1.165) is 21.6 Å². The first-order valence-corrected chi connectivity index (χ1v) is 10.5. The van der Waals surface area contributed by atoms with Gasteiger partial charge in [-0.1, -0.05) is 60.7 Å². The number of carbonyl (C=O) groups excluding carboxylic acids is 2. The predicted octanol–water partition coefficient (Wildman–Crippen LogP) is 2.99. The van der Waals surface area contributed by atoms with Crippen molar-refractivity contribution in [3.8, 4) is 5.75 Å². The van der Waals surface area contributed by atoms with E-state index >= 15 is 0 Å². The van der Waals surface area contributed by atoms with Crippen molar-refractivity contribution >= 4 is 28.7 Å². The summed E-state index contributed by atoms with van der Waals surface area (Å²) in [7, 11) is 1.46. The van der Waals surface area contributed by atoms with E-state index in [1.807, 2.05) is 54.6 Å². The highest BCUT2D eigenvalue weighted by atomic mass is 16.5. The van der Waals surface area contributed by atoms with Crippen molar-refractivity contribution < 1.29 is 14.3 Å². The number of ether oxygens (including phenoxy) is 1. The van der Waals surface area contributed by atoms with Gasteiger partial charge < -0.3 is 4.74 Å². The molecule has 0 saturated carbocycles. The van der Waals surface area contributed by atoms with Gasteiger partial charge in [-0.3, -0.25) is 25.2 Å². The van der Waals surface area contributed by atoms with Gasteiger partial charge in [-0.15, -0.1) is 0 Å². The lowest BCUT2D eigenvalue weighted by Crippen LogP contribution is -2.42. The first-order valence-electron chi connectivity index (χ1n) is 10.5. The van der Waals surface area contributed by atoms with Crippen LogP contribution in [-0.2, 0) is 18.4 Å². The number of nitrogens with one attached hydrogen (secondary N) is 2. The highest BCUT2D eigenvalue weighted by Crippen LogP contribution is 2.15. The summed E-state index contributed by atoms with van der Waals surface area (Å²) in [4.78, 5) is 36.9. The third-order valence-corrected chi connectivity index (χ3v) is 5.03. The quantitative estimate of drug-likeness (QED) is 0.345. The Kier molecular flexibility index (Phi) is 6.78. The number of hydrogen-bond donors (Lipinski definition) is 2. The minimum absolute atomic E-state index is 0.0353. The Balaban J connectivity index is 1.33. The molecule has 170 valence electrons. The van der Waals surface area contributed by atoms with Crippen molar-refractivity contribution in [1.29, 1.82) is 0 Å². The Morgan fingerprint density at radius 2 is 1.59 bits per heavy atom. The fourth-order valence-corrected chi connectivity index (χ4v) is 3.27. The molecule has 2 N–H and O–H groups in total. The standard InChI is InChI=1S/C26H22N4O4/c1-30-26(33)22-10-6-5-9-21(22)24(29-30)25(32)28-27-23(31)16-13-18-11-14-20(15-12-18)34-17-19-7-3-2-4-8-19/h2-16H,17H2,1H3,(H,27,31)(H,28,32)/b16-13+. The van der Waals surface area contributed by atoms with Crippen LogP contribution in [0.1, 0.15) is 21.6 Å². The van der Waals surface area contributed by atoms with Crippen molar-refractivity contribution in [2.75, 3.05) is 0 Å². The van der Waals surface area contributed by atoms with Gasteiger partial charge in [-0.05, 0) is 35.4 Å². The van der Waals surface area contributed by atoms with Crippen molar-refractivity contribution in [2.45, 2.75) is 6.61 Å². The Morgan fingerprint density at radius 3 is 2.32 bits per heavy atom. The highest BCUT2D eigenvalue weighted by molar-refractivity contribution is 6.05. The smallest absolute Gasteiger partial charge is 0.290 e. The van der Waals surface area contributed by atoms with Gasteiger partial charge in [-0.2, -0.15) is 5.10 Å². The van der Waals surface area contributed by atoms with Gasteiger partial charge in [0, 0.05) is 18.5 Å². The van der Waals surface area contributed by atoms with Gasteiger partial charge in [0.2, 0.25) is 0 Å². The number of fused-ring (bicyclic) bond motifs is 1. The minimum atomic E-state index is -0.631. The van der Waals surface area contributed by atoms with Crippen LogP contribution in [0.3, 0.4) is 0 Å². The number of hydrazine groups is 1. The molecule has 8 heteroatoms. The molecule has 3 aromatic carbocycles. The number of nitrogens with zero attached hydrogens (tertiary/aromatic N) is 2. The Labute approximate surface area is 195 Å². The fourth-order valence-electron chi connectivity index (χ4n) is 3.27. The van der Waals surface area contributed by atoms with E-state index in [0.29, 0.717) is 17.4 Å². The summed E-state index contributed by atoms with van der Waals surface area (Å²) >= 11 is 0. The molecular weight excluding hydrogens is 432 g/mol. The van der Waals surface area contributed by atoms with Crippen LogP contribution in [0.5, 0.6) is 5.75 Å². The van der Waals surface area contributed by atoms with E-state index in [1.54, 1.807) is 30.3 Å². The summed E-state index contributed by atoms with van der Waals surface area (Å²) in [5, 5.41) is 4.80. The lowest BCUT2D eigenvalue weighted by molar-refractivity contribution is -0.117. The molecule has 0 aliphatic rings. The molecule has 0 unspecified atom stereocenters. The van der Waals surface area contributed by atoms with Crippen LogP contribution in [0.2, 0.25) is 0 Å². The number of aryl methyl sites for hydroxylation is 1. The largest absolute Gasteiger partial charge is 0.489 e. The highest BCUT2D eigenvalue weighted by Gasteiger charge is 2.15. The zero-order valence-electron chi connectivity index (χ0n) is 18.4. The van der Waals surface area contributed by atoms with Crippen molar-refractivity contribution in [2.24, 2.45) is 7.05 Å². The van der Waals surface area contributed by atoms with Gasteiger partial charge >= 0.3 is 0 Å². The molecule has 1 heterocycles. The summed E-state index contributed by atoms with van der Waals surface area (Å²) in [6, 6.07) is 23.8. The van der Waals surface area contributed by atoms with Gasteiger partial charge in [-0.25, -0.2) is 4.68 Å². The number of rotatable bonds is 6. The maximum atomic E-state index is 12.6. The van der Waals surface area contributed by atoms with Crippen LogP contribution in [0.25, 0.3) is 16.8 Å². The van der Waals surface area contributed by atoms with Gasteiger partial charge in [0.15, 0.2) is 5.69 Å². The third kappa shape index (κ3) is 5.36. The maximum absolute atomic E-state index is 12.6. The van der Waals surface area contributed by atoms with Gasteiger partial charge in [0.05, 0.1) is 5.39 Å². The molecule has 4 rings (SSSR count). The second-order valence-corrected chi connectivity index (χ2v) is 7.44. The normalized spacial score (nSPS) is 10.9. The molecule has 1 aromatic heterocycles. The van der Waals surface area contributed by atoms with Crippen LogP contribution in [0, 0.1) is 0 Å². The molecule has 0 aliphatic carbocycles. The molecule has 0 atom stereocenters. The van der Waals surface area contributed by atoms with E-state index < -0.39 is 11.8 Å². The molecule has 0 spiro atoms. The maximum Gasteiger partial charge on any atom is 0.290 e. The fraction of sp³-hybridized carbons (Fsp3) is 0.0769. The van der Waals surface area contributed by atoms with E-state index in [9.17, 15) is 14.4 Å². The number of amides is 2. The summed E-state index contributed by atoms with van der Waals surface area (Å²) in [5.41, 5.74) is 6.24. The molecule has 0 aliphatic heterocycles. The minimum Gasteiger partial charge on any atom is -0.489 e. The summed E-state index contributed by atoms with van der Waals surface area (Å²) in [6.45, 7) is 0.470. The average Bonchev–Trinajstić information content (AvgIpc) is 2.88. The molecule has 0 bridgehead atoms. The Morgan fingerprint density at radius 1 is 0.912 bits per heavy atom. The lowest BCUT2D eigenvalue weighted by Gasteiger charge is -2.09. The van der Waals surface area contributed by atoms with Crippen molar-refractivity contribution in [3.63, 3.8) is 0 Å². The number of carbonyl (C=O) groups is 2. The molecule has 8 nitrogen and oxygen atoms in total. The second-order valence-electron chi connectivity index (χ2n) is 7.44. The Bertz CT molecular complexity index is 1410. The molecule has 2 amide bonds. The third-order valence-electron chi connectivity index (χ3n) is 5.03. The zero-order valence-corrected chi connectivity index (χ0v) is 18.4. The van der Waals surface area contributed by atoms with E-state index in [-0.39, 0.29) is 11.3 Å². The molecule has 34 heavy (non-hydrogen) atoms. The first-order chi connectivity index (χ1) is 16.5. The predicted molar refractivity (Wildman–Crippen MR) is 129 cm³/mol. The Hall–Kier alpha value is -4.72. The molecular formula is C26H22N4O4. The molecule has 0 radical (unpaired) electrons. The molecule has 0 fully saturated rings. The topological polar surface area (TPSA) is 102 Å². The monoisotopic (exact) mass is 454 g/mol. The van der Waals surface area contributed by atoms with E-state index in [2.05, 4.69) is 16.0 Å². The van der Waals surface area contributed by atoms with Gasteiger partial charge in [0.1, 0.15) is 12.4 Å². The van der Waals surface area contributed by atoms with Crippen LogP contribution in [-0.4, -0.2) is 21.6 Å². The SMILES string of the molecule is Cn1nc(C(=O)NNC(=O)/C=C/c2ccc(OCc3ccccc3)cc2)c2ccccc2c1=O. The molecule has 4 aromatic rings. The summed E-state index contributed by atoms with van der Waals surface area (Å²) < 4.78 is 6.84. The average molecular weight is 454 g/mol. The van der Waals surface area contributed by atoms with Crippen LogP contribution in [0.4, 0.5) is 0 Å². The van der Waals surface area contributed by atoms with Crippen LogP contribution < -0.4 is 21.1 Å². The van der Waals surface area contributed by atoms with E-state index in [4.69, 9.17) is 4.74 Å². The first kappa shape index (κ1) is 22.5. The van der Waals surface area contributed by atoms with Crippen molar-refractivity contribution in [3.05, 3.63) is 112 Å². The second kappa shape index (κ2) is 10.3. The zero-order chi connectivity index (χ0) is 23.9. The van der Waals surface area contributed by atoms with Gasteiger partial charge in [0.25, 0.3) is 17.4 Å². The van der Waals surface area contributed by atoms with Crippen LogP contribution >= 0.6 is 0 Å². The molecule has 0 saturated heterocycles. The number of benzene rings is 3. The van der Waals surface area contributed by atoms with Crippen LogP contribution in [0.15, 0.2) is 89.7 Å². The summed E-state index contributed by atoms with van der Waals surface area (Å²) in [6.07, 6.45) is 2.91. The van der Waals surface area contributed by atoms with E-state index in [1.165, 1.54) is 13.1 Å². The number of hydrogen-bond acceptors (Lipinski definition) is 5. The summed E-state index contributed by atoms with van der Waals surface area (Å²) in [5.74, 6) is -0.435. The number of aromatic nitrogens is 2.